The molecule has 19 heavy (non-hydrogen) atoms. The van der Waals surface area contributed by atoms with Crippen LogP contribution in [0.1, 0.15) is 24.4 Å². The molecule has 0 aliphatic rings. The minimum atomic E-state index is -0.268. The Labute approximate surface area is 114 Å². The van der Waals surface area contributed by atoms with Gasteiger partial charge in [0, 0.05) is 12.3 Å². The van der Waals surface area contributed by atoms with Crippen LogP contribution in [0.2, 0.25) is 0 Å². The molecule has 0 fully saturated rings. The number of aromatic nitrogens is 2. The van der Waals surface area contributed by atoms with E-state index in [4.69, 9.17) is 0 Å². The van der Waals surface area contributed by atoms with Gasteiger partial charge in [0.2, 0.25) is 11.0 Å². The third kappa shape index (κ3) is 3.82. The first-order valence-corrected chi connectivity index (χ1v) is 6.74. The average Bonchev–Trinajstić information content (AvgIpc) is 2.76. The number of nitrogens with zero attached hydrogens (tertiary/aromatic N) is 2. The Bertz CT molecular complexity index is 583. The summed E-state index contributed by atoms with van der Waals surface area (Å²) in [5, 5.41) is 11.8. The van der Waals surface area contributed by atoms with Gasteiger partial charge in [0.25, 0.3) is 0 Å². The number of carbonyl (C=O) groups is 1. The molecule has 1 aromatic carbocycles. The molecule has 4 nitrogen and oxygen atoms in total. The lowest BCUT2D eigenvalue weighted by Gasteiger charge is -2.02. The van der Waals surface area contributed by atoms with Gasteiger partial charge in [-0.25, -0.2) is 4.39 Å². The highest BCUT2D eigenvalue weighted by molar-refractivity contribution is 7.15. The normalized spacial score (nSPS) is 10.7. The van der Waals surface area contributed by atoms with E-state index in [2.05, 4.69) is 15.5 Å². The molecular formula is C13H14FN3OS. The Morgan fingerprint density at radius 1 is 1.42 bits per heavy atom. The van der Waals surface area contributed by atoms with Gasteiger partial charge < -0.3 is 5.32 Å². The molecule has 1 N–H and O–H groups in total. The molecular weight excluding hydrogens is 265 g/mol. The molecule has 0 bridgehead atoms. The second kappa shape index (κ2) is 5.88. The Morgan fingerprint density at radius 3 is 2.89 bits per heavy atom. The lowest BCUT2D eigenvalue weighted by molar-refractivity contribution is -0.118. The molecule has 1 aromatic heterocycles. The summed E-state index contributed by atoms with van der Waals surface area (Å²) in [4.78, 5) is 11.5. The van der Waals surface area contributed by atoms with Crippen molar-refractivity contribution < 1.29 is 9.18 Å². The van der Waals surface area contributed by atoms with E-state index in [1.165, 1.54) is 23.5 Å². The molecule has 0 spiro atoms. The number of halogens is 1. The molecule has 0 aliphatic carbocycles. The van der Waals surface area contributed by atoms with Gasteiger partial charge in [0.05, 0.1) is 0 Å². The van der Waals surface area contributed by atoms with Crippen molar-refractivity contribution in [3.63, 3.8) is 0 Å². The zero-order valence-electron chi connectivity index (χ0n) is 10.7. The Balaban J connectivity index is 2.03. The maximum Gasteiger partial charge on any atom is 0.228 e. The van der Waals surface area contributed by atoms with Crippen molar-refractivity contribution in [1.82, 2.24) is 10.2 Å². The van der Waals surface area contributed by atoms with E-state index in [1.807, 2.05) is 19.9 Å². The van der Waals surface area contributed by atoms with E-state index < -0.39 is 0 Å². The van der Waals surface area contributed by atoms with Crippen molar-refractivity contribution in [2.24, 2.45) is 5.92 Å². The van der Waals surface area contributed by atoms with Crippen LogP contribution < -0.4 is 5.32 Å². The standard InChI is InChI=1S/C13H14FN3OS/c1-8(2)12(18)15-13-17-16-11(19-13)7-9-4-3-5-10(14)6-9/h3-6,8H,7H2,1-2H3,(H,15,17,18). The second-order valence-corrected chi connectivity index (χ2v) is 5.51. The predicted molar refractivity (Wildman–Crippen MR) is 72.6 cm³/mol. The fourth-order valence-electron chi connectivity index (χ4n) is 1.45. The number of benzene rings is 1. The van der Waals surface area contributed by atoms with Crippen LogP contribution in [0.5, 0.6) is 0 Å². The molecule has 1 heterocycles. The highest BCUT2D eigenvalue weighted by Crippen LogP contribution is 2.19. The first-order valence-electron chi connectivity index (χ1n) is 5.92. The maximum atomic E-state index is 13.0. The van der Waals surface area contributed by atoms with Crippen LogP contribution in [0, 0.1) is 11.7 Å². The van der Waals surface area contributed by atoms with Gasteiger partial charge in [-0.3, -0.25) is 4.79 Å². The summed E-state index contributed by atoms with van der Waals surface area (Å²) in [5.41, 5.74) is 0.831. The maximum absolute atomic E-state index is 13.0. The lowest BCUT2D eigenvalue weighted by Crippen LogP contribution is -2.17. The zero-order chi connectivity index (χ0) is 13.8. The van der Waals surface area contributed by atoms with Gasteiger partial charge in [0.15, 0.2) is 0 Å². The Hall–Kier alpha value is -1.82. The third-order valence-electron chi connectivity index (χ3n) is 2.47. The molecule has 2 aromatic rings. The average molecular weight is 279 g/mol. The molecule has 0 atom stereocenters. The van der Waals surface area contributed by atoms with Crippen LogP contribution in [0.4, 0.5) is 9.52 Å². The number of anilines is 1. The number of amides is 1. The molecule has 100 valence electrons. The summed E-state index contributed by atoms with van der Waals surface area (Å²) in [6, 6.07) is 6.36. The van der Waals surface area contributed by atoms with Crippen LogP contribution in [-0.4, -0.2) is 16.1 Å². The quantitative estimate of drug-likeness (QED) is 0.936. The molecule has 0 saturated carbocycles. The minimum absolute atomic E-state index is 0.0894. The van der Waals surface area contributed by atoms with E-state index in [0.717, 1.165) is 10.6 Å². The van der Waals surface area contributed by atoms with Crippen LogP contribution in [0.25, 0.3) is 0 Å². The van der Waals surface area contributed by atoms with Crippen LogP contribution in [0.3, 0.4) is 0 Å². The van der Waals surface area contributed by atoms with Crippen molar-refractivity contribution in [2.45, 2.75) is 20.3 Å². The predicted octanol–water partition coefficient (Wildman–Crippen LogP) is 2.86. The summed E-state index contributed by atoms with van der Waals surface area (Å²) in [5.74, 6) is -0.459. The molecule has 2 rings (SSSR count). The monoisotopic (exact) mass is 279 g/mol. The number of hydrogen-bond donors (Lipinski definition) is 1. The lowest BCUT2D eigenvalue weighted by atomic mass is 10.1. The minimum Gasteiger partial charge on any atom is -0.300 e. The van der Waals surface area contributed by atoms with Crippen molar-refractivity contribution in [2.75, 3.05) is 5.32 Å². The fraction of sp³-hybridized carbons (Fsp3) is 0.308. The summed E-state index contributed by atoms with van der Waals surface area (Å²) >= 11 is 1.30. The Morgan fingerprint density at radius 2 is 2.21 bits per heavy atom. The Kier molecular flexibility index (Phi) is 4.21. The molecule has 0 radical (unpaired) electrons. The topological polar surface area (TPSA) is 54.9 Å². The first-order chi connectivity index (χ1) is 9.04. The van der Waals surface area contributed by atoms with Gasteiger partial charge >= 0.3 is 0 Å². The van der Waals surface area contributed by atoms with Gasteiger partial charge in [-0.1, -0.05) is 37.3 Å². The number of carbonyl (C=O) groups excluding carboxylic acids is 1. The molecule has 0 saturated heterocycles. The fourth-order valence-corrected chi connectivity index (χ4v) is 2.22. The smallest absolute Gasteiger partial charge is 0.228 e. The molecule has 0 aliphatic heterocycles. The first kappa shape index (κ1) is 13.6. The van der Waals surface area contributed by atoms with E-state index in [0.29, 0.717) is 11.6 Å². The van der Waals surface area contributed by atoms with Crippen molar-refractivity contribution in [1.29, 1.82) is 0 Å². The summed E-state index contributed by atoms with van der Waals surface area (Å²) in [6.45, 7) is 3.62. The summed E-state index contributed by atoms with van der Waals surface area (Å²) < 4.78 is 13.0. The third-order valence-corrected chi connectivity index (χ3v) is 3.30. The van der Waals surface area contributed by atoms with Crippen molar-refractivity contribution >= 4 is 22.4 Å². The van der Waals surface area contributed by atoms with Gasteiger partial charge in [-0.05, 0) is 17.7 Å². The zero-order valence-corrected chi connectivity index (χ0v) is 11.5. The van der Waals surface area contributed by atoms with E-state index >= 15 is 0 Å². The highest BCUT2D eigenvalue weighted by atomic mass is 32.1. The second-order valence-electron chi connectivity index (χ2n) is 4.45. The van der Waals surface area contributed by atoms with E-state index in [-0.39, 0.29) is 17.6 Å². The summed E-state index contributed by atoms with van der Waals surface area (Å²) in [6.07, 6.45) is 0.507. The van der Waals surface area contributed by atoms with Gasteiger partial charge in [-0.2, -0.15) is 0 Å². The molecule has 1 amide bonds. The molecule has 0 unspecified atom stereocenters. The largest absolute Gasteiger partial charge is 0.300 e. The number of hydrogen-bond acceptors (Lipinski definition) is 4. The molecule has 6 heteroatoms. The summed E-state index contributed by atoms with van der Waals surface area (Å²) in [7, 11) is 0. The van der Waals surface area contributed by atoms with Crippen molar-refractivity contribution in [3.8, 4) is 0 Å². The van der Waals surface area contributed by atoms with Crippen molar-refractivity contribution in [3.05, 3.63) is 40.7 Å². The SMILES string of the molecule is CC(C)C(=O)Nc1nnc(Cc2cccc(F)c2)s1. The van der Waals surface area contributed by atoms with Crippen LogP contribution in [0.15, 0.2) is 24.3 Å². The van der Waals surface area contributed by atoms with E-state index in [1.54, 1.807) is 6.07 Å². The van der Waals surface area contributed by atoms with Crippen LogP contribution in [-0.2, 0) is 11.2 Å². The number of rotatable bonds is 4. The van der Waals surface area contributed by atoms with Gasteiger partial charge in [-0.15, -0.1) is 10.2 Å². The van der Waals surface area contributed by atoms with Crippen LogP contribution >= 0.6 is 11.3 Å². The number of nitrogens with one attached hydrogen (secondary N) is 1. The van der Waals surface area contributed by atoms with Gasteiger partial charge in [0.1, 0.15) is 10.8 Å². The van der Waals surface area contributed by atoms with E-state index in [9.17, 15) is 9.18 Å². The highest BCUT2D eigenvalue weighted by Gasteiger charge is 2.11.